The molecule has 0 radical (unpaired) electrons. The van der Waals surface area contributed by atoms with Crippen LogP contribution in [-0.2, 0) is 21.2 Å². The van der Waals surface area contributed by atoms with E-state index in [4.69, 9.17) is 4.74 Å². The van der Waals surface area contributed by atoms with Gasteiger partial charge in [0.2, 0.25) is 5.91 Å². The van der Waals surface area contributed by atoms with Crippen LogP contribution in [0.2, 0.25) is 0 Å². The summed E-state index contributed by atoms with van der Waals surface area (Å²) in [5, 5.41) is 0. The van der Waals surface area contributed by atoms with E-state index in [1.54, 1.807) is 0 Å². The number of hydrogen-bond acceptors (Lipinski definition) is 4. The van der Waals surface area contributed by atoms with E-state index >= 15 is 0 Å². The number of rotatable bonds is 7. The first-order valence-electron chi connectivity index (χ1n) is 10.4. The van der Waals surface area contributed by atoms with Gasteiger partial charge in [-0.1, -0.05) is 37.6 Å². The van der Waals surface area contributed by atoms with Crippen molar-refractivity contribution in [1.82, 2.24) is 4.90 Å². The topological polar surface area (TPSA) is 63.7 Å². The lowest BCUT2D eigenvalue weighted by Gasteiger charge is -2.29. The van der Waals surface area contributed by atoms with E-state index in [1.165, 1.54) is 5.57 Å². The molecule has 1 heterocycles. The van der Waals surface area contributed by atoms with Crippen LogP contribution in [0, 0.1) is 17.3 Å². The van der Waals surface area contributed by atoms with E-state index in [9.17, 15) is 13.2 Å². The summed E-state index contributed by atoms with van der Waals surface area (Å²) >= 11 is 0. The van der Waals surface area contributed by atoms with Crippen LogP contribution in [-0.4, -0.2) is 43.4 Å². The number of carbonyl (C=O) groups excluding carboxylic acids is 1. The summed E-state index contributed by atoms with van der Waals surface area (Å²) in [4.78, 5) is 15.4. The summed E-state index contributed by atoms with van der Waals surface area (Å²) in [5.74, 6) is 1.22. The van der Waals surface area contributed by atoms with Crippen molar-refractivity contribution >= 4 is 15.7 Å². The molecule has 0 aromatic heterocycles. The molecule has 6 heteroatoms. The molecule has 1 aliphatic heterocycles. The second kappa shape index (κ2) is 8.13. The first-order valence-corrected chi connectivity index (χ1v) is 12.2. The Morgan fingerprint density at radius 3 is 2.41 bits per heavy atom. The molecule has 0 bridgehead atoms. The van der Waals surface area contributed by atoms with Gasteiger partial charge < -0.3 is 9.64 Å². The summed E-state index contributed by atoms with van der Waals surface area (Å²) in [6, 6.07) is 7.48. The van der Waals surface area contributed by atoms with Crippen molar-refractivity contribution in [2.45, 2.75) is 53.6 Å². The average molecular weight is 420 g/mol. The Kier molecular flexibility index (Phi) is 6.13. The molecule has 1 aromatic rings. The lowest BCUT2D eigenvalue weighted by Crippen LogP contribution is -2.42. The fourth-order valence-electron chi connectivity index (χ4n) is 4.46. The van der Waals surface area contributed by atoms with Crippen molar-refractivity contribution < 1.29 is 17.9 Å². The maximum Gasteiger partial charge on any atom is 0.227 e. The second-order valence-electron chi connectivity index (χ2n) is 9.17. The van der Waals surface area contributed by atoms with Gasteiger partial charge >= 0.3 is 0 Å². The van der Waals surface area contributed by atoms with Crippen LogP contribution in [0.1, 0.15) is 46.6 Å². The molecule has 1 aliphatic carbocycles. The third-order valence-corrected chi connectivity index (χ3v) is 7.96. The molecular weight excluding hydrogens is 386 g/mol. The minimum Gasteiger partial charge on any atom is -0.494 e. The molecule has 160 valence electrons. The Labute approximate surface area is 175 Å². The van der Waals surface area contributed by atoms with Crippen LogP contribution in [0.5, 0.6) is 5.75 Å². The standard InChI is InChI=1S/C23H33NO4S/c1-6-28-19-9-7-17(8-10-19)14-24(18-11-12-29(26,27)15-18)22(25)21-20(13-16(2)3)23(21,4)5/h7-10,13,18,20-21H,6,11-12,14-15H2,1-5H3/t18-,20-,21+/m0/s1. The average Bonchev–Trinajstić information content (AvgIpc) is 2.96. The van der Waals surface area contributed by atoms with Gasteiger partial charge in [-0.2, -0.15) is 0 Å². The zero-order valence-electron chi connectivity index (χ0n) is 18.1. The maximum absolute atomic E-state index is 13.6. The molecule has 0 spiro atoms. The lowest BCUT2D eigenvalue weighted by molar-refractivity contribution is -0.136. The monoisotopic (exact) mass is 419 g/mol. The van der Waals surface area contributed by atoms with Crippen LogP contribution in [0.3, 0.4) is 0 Å². The maximum atomic E-state index is 13.6. The Balaban J connectivity index is 1.84. The molecule has 29 heavy (non-hydrogen) atoms. The van der Waals surface area contributed by atoms with Gasteiger partial charge in [-0.3, -0.25) is 4.79 Å². The third kappa shape index (κ3) is 4.85. The fourth-order valence-corrected chi connectivity index (χ4v) is 6.19. The molecule has 2 fully saturated rings. The van der Waals surface area contributed by atoms with Crippen molar-refractivity contribution in [2.75, 3.05) is 18.1 Å². The molecule has 0 unspecified atom stereocenters. The smallest absolute Gasteiger partial charge is 0.227 e. The third-order valence-electron chi connectivity index (χ3n) is 6.21. The molecule has 0 N–H and O–H groups in total. The molecule has 5 nitrogen and oxygen atoms in total. The van der Waals surface area contributed by atoms with Crippen LogP contribution >= 0.6 is 0 Å². The quantitative estimate of drug-likeness (QED) is 0.630. The van der Waals surface area contributed by atoms with E-state index < -0.39 is 9.84 Å². The van der Waals surface area contributed by atoms with Crippen LogP contribution < -0.4 is 4.74 Å². The predicted molar refractivity (Wildman–Crippen MR) is 115 cm³/mol. The second-order valence-corrected chi connectivity index (χ2v) is 11.4. The number of sulfone groups is 1. The number of benzene rings is 1. The van der Waals surface area contributed by atoms with Gasteiger partial charge in [0.05, 0.1) is 24.0 Å². The lowest BCUT2D eigenvalue weighted by atomic mass is 10.1. The van der Waals surface area contributed by atoms with Crippen molar-refractivity contribution in [3.63, 3.8) is 0 Å². The SMILES string of the molecule is CCOc1ccc(CN(C(=O)[C@H]2[C@H](C=C(C)C)C2(C)C)[C@H]2CCS(=O)(=O)C2)cc1. The van der Waals surface area contributed by atoms with Gasteiger partial charge in [-0.15, -0.1) is 0 Å². The number of amides is 1. The molecule has 1 saturated heterocycles. The van der Waals surface area contributed by atoms with Gasteiger partial charge in [-0.25, -0.2) is 8.42 Å². The highest BCUT2D eigenvalue weighted by molar-refractivity contribution is 7.91. The van der Waals surface area contributed by atoms with E-state index in [-0.39, 0.29) is 40.7 Å². The van der Waals surface area contributed by atoms with Crippen LogP contribution in [0.4, 0.5) is 0 Å². The van der Waals surface area contributed by atoms with E-state index in [2.05, 4.69) is 33.8 Å². The van der Waals surface area contributed by atoms with E-state index in [0.717, 1.165) is 11.3 Å². The Hall–Kier alpha value is -1.82. The van der Waals surface area contributed by atoms with E-state index in [1.807, 2.05) is 36.1 Å². The normalized spacial score (nSPS) is 26.6. The largest absolute Gasteiger partial charge is 0.494 e. The molecule has 3 atom stereocenters. The fraction of sp³-hybridized carbons (Fsp3) is 0.609. The number of ether oxygens (including phenoxy) is 1. The van der Waals surface area contributed by atoms with Crippen molar-refractivity contribution in [1.29, 1.82) is 0 Å². The Bertz CT molecular complexity index is 882. The summed E-state index contributed by atoms with van der Waals surface area (Å²) < 4.78 is 29.7. The van der Waals surface area contributed by atoms with Gasteiger partial charge in [0.1, 0.15) is 5.75 Å². The zero-order valence-corrected chi connectivity index (χ0v) is 19.0. The highest BCUT2D eigenvalue weighted by Gasteiger charge is 2.61. The highest BCUT2D eigenvalue weighted by Crippen LogP contribution is 2.60. The molecule has 2 aliphatic rings. The molecule has 1 aromatic carbocycles. The Morgan fingerprint density at radius 1 is 1.24 bits per heavy atom. The predicted octanol–water partition coefficient (Wildman–Crippen LogP) is 3.84. The van der Waals surface area contributed by atoms with Gasteiger partial charge in [0, 0.05) is 12.6 Å². The van der Waals surface area contributed by atoms with Crippen molar-refractivity contribution in [2.24, 2.45) is 17.3 Å². The number of hydrogen-bond donors (Lipinski definition) is 0. The summed E-state index contributed by atoms with van der Waals surface area (Å²) in [7, 11) is -3.07. The first kappa shape index (κ1) is 21.9. The van der Waals surface area contributed by atoms with Gasteiger partial charge in [0.25, 0.3) is 0 Å². The zero-order chi connectivity index (χ0) is 21.4. The molecule has 1 saturated carbocycles. The number of carbonyl (C=O) groups is 1. The molecule has 1 amide bonds. The summed E-state index contributed by atoms with van der Waals surface area (Å²) in [6.45, 7) is 11.3. The van der Waals surface area contributed by atoms with Crippen molar-refractivity contribution in [3.8, 4) is 5.75 Å². The molecular formula is C23H33NO4S. The van der Waals surface area contributed by atoms with Gasteiger partial charge in [0.15, 0.2) is 9.84 Å². The highest BCUT2D eigenvalue weighted by atomic mass is 32.2. The number of allylic oxidation sites excluding steroid dienone is 2. The number of nitrogens with zero attached hydrogens (tertiary/aromatic N) is 1. The van der Waals surface area contributed by atoms with Gasteiger partial charge in [-0.05, 0) is 56.2 Å². The van der Waals surface area contributed by atoms with E-state index in [0.29, 0.717) is 19.6 Å². The summed E-state index contributed by atoms with van der Waals surface area (Å²) in [5.41, 5.74) is 2.10. The summed E-state index contributed by atoms with van der Waals surface area (Å²) in [6.07, 6.45) is 2.70. The minimum atomic E-state index is -3.07. The first-order chi connectivity index (χ1) is 13.5. The van der Waals surface area contributed by atoms with Crippen LogP contribution in [0.15, 0.2) is 35.9 Å². The minimum absolute atomic E-state index is 0.0657. The van der Waals surface area contributed by atoms with Crippen LogP contribution in [0.25, 0.3) is 0 Å². The van der Waals surface area contributed by atoms with Crippen molar-refractivity contribution in [3.05, 3.63) is 41.5 Å². The Morgan fingerprint density at radius 2 is 1.90 bits per heavy atom. The molecule has 3 rings (SSSR count).